The first-order chi connectivity index (χ1) is 10.5. The van der Waals surface area contributed by atoms with Gasteiger partial charge in [-0.15, -0.1) is 0 Å². The SMILES string of the molecule is CCOP(=O)(/C=C1\NCCN(C)c2cc(Br)ccc21)OCC. The number of likely N-dealkylation sites (N-methyl/N-ethyl adjacent to an activating group) is 1. The second-order valence-corrected chi connectivity index (χ2v) is 7.70. The van der Waals surface area contributed by atoms with Gasteiger partial charge in [0.25, 0.3) is 0 Å². The van der Waals surface area contributed by atoms with Crippen molar-refractivity contribution in [3.63, 3.8) is 0 Å². The summed E-state index contributed by atoms with van der Waals surface area (Å²) in [6.07, 6.45) is 0. The number of anilines is 1. The molecule has 0 saturated carbocycles. The van der Waals surface area contributed by atoms with Gasteiger partial charge in [0.05, 0.1) is 24.7 Å². The third-order valence-electron chi connectivity index (χ3n) is 3.33. The highest BCUT2D eigenvalue weighted by atomic mass is 79.9. The predicted molar refractivity (Wildman–Crippen MR) is 94.3 cm³/mol. The van der Waals surface area contributed by atoms with Crippen LogP contribution in [0.25, 0.3) is 5.70 Å². The van der Waals surface area contributed by atoms with Gasteiger partial charge in [0.2, 0.25) is 0 Å². The molecular weight excluding hydrogens is 367 g/mol. The minimum Gasteiger partial charge on any atom is -0.382 e. The molecule has 122 valence electrons. The summed E-state index contributed by atoms with van der Waals surface area (Å²) in [5.74, 6) is 1.60. The maximum absolute atomic E-state index is 12.8. The Bertz CT molecular complexity index is 596. The van der Waals surface area contributed by atoms with E-state index in [0.717, 1.165) is 34.5 Å². The van der Waals surface area contributed by atoms with Gasteiger partial charge in [-0.3, -0.25) is 4.57 Å². The molecule has 0 unspecified atom stereocenters. The fraction of sp³-hybridized carbons (Fsp3) is 0.467. The molecule has 1 heterocycles. The van der Waals surface area contributed by atoms with Crippen LogP contribution in [0, 0.1) is 0 Å². The maximum atomic E-state index is 12.8. The van der Waals surface area contributed by atoms with Crippen molar-refractivity contribution in [1.82, 2.24) is 5.32 Å². The number of halogens is 1. The molecule has 1 aromatic carbocycles. The molecule has 0 atom stereocenters. The number of fused-ring (bicyclic) bond motifs is 1. The van der Waals surface area contributed by atoms with Gasteiger partial charge < -0.3 is 19.3 Å². The highest BCUT2D eigenvalue weighted by Gasteiger charge is 2.24. The van der Waals surface area contributed by atoms with E-state index in [1.54, 1.807) is 5.82 Å². The van der Waals surface area contributed by atoms with E-state index in [9.17, 15) is 4.57 Å². The van der Waals surface area contributed by atoms with Crippen molar-refractivity contribution >= 4 is 34.9 Å². The molecule has 0 amide bonds. The largest absolute Gasteiger partial charge is 0.382 e. The van der Waals surface area contributed by atoms with Crippen molar-refractivity contribution in [2.75, 3.05) is 38.3 Å². The normalized spacial score (nSPS) is 17.1. The number of nitrogens with one attached hydrogen (secondary N) is 1. The lowest BCUT2D eigenvalue weighted by Crippen LogP contribution is -2.24. The minimum atomic E-state index is -3.25. The van der Waals surface area contributed by atoms with Crippen LogP contribution in [0.15, 0.2) is 28.5 Å². The van der Waals surface area contributed by atoms with E-state index in [1.807, 2.05) is 33.0 Å². The molecule has 0 bridgehead atoms. The predicted octanol–water partition coefficient (Wildman–Crippen LogP) is 4.05. The number of benzene rings is 1. The van der Waals surface area contributed by atoms with Crippen LogP contribution >= 0.6 is 23.5 Å². The fourth-order valence-corrected chi connectivity index (χ4v) is 4.21. The number of nitrogens with zero attached hydrogens (tertiary/aromatic N) is 1. The van der Waals surface area contributed by atoms with Gasteiger partial charge in [-0.2, -0.15) is 0 Å². The van der Waals surface area contributed by atoms with Gasteiger partial charge in [-0.25, -0.2) is 0 Å². The molecule has 1 aromatic rings. The van der Waals surface area contributed by atoms with Gasteiger partial charge in [0.1, 0.15) is 0 Å². The highest BCUT2D eigenvalue weighted by molar-refractivity contribution is 9.10. The van der Waals surface area contributed by atoms with Gasteiger partial charge >= 0.3 is 7.60 Å². The number of rotatable bonds is 5. The summed E-state index contributed by atoms with van der Waals surface area (Å²) < 4.78 is 24.5. The standard InChI is InChI=1S/C15H22BrN2O3P/c1-4-20-22(19,21-5-2)11-14-13-7-6-12(16)10-15(13)18(3)9-8-17-14/h6-7,10-11,17H,4-5,8-9H2,1-3H3/b14-11-. The van der Waals surface area contributed by atoms with E-state index in [4.69, 9.17) is 9.05 Å². The summed E-state index contributed by atoms with van der Waals surface area (Å²) in [7, 11) is -1.21. The zero-order valence-corrected chi connectivity index (χ0v) is 15.6. The van der Waals surface area contributed by atoms with Crippen molar-refractivity contribution < 1.29 is 13.6 Å². The lowest BCUT2D eigenvalue weighted by Gasteiger charge is -2.19. The Balaban J connectivity index is 2.48. The van der Waals surface area contributed by atoms with Crippen LogP contribution in [0.3, 0.4) is 0 Å². The fourth-order valence-electron chi connectivity index (χ4n) is 2.37. The van der Waals surface area contributed by atoms with E-state index in [-0.39, 0.29) is 0 Å². The van der Waals surface area contributed by atoms with Gasteiger partial charge in [0, 0.05) is 35.9 Å². The van der Waals surface area contributed by atoms with Crippen molar-refractivity contribution in [3.05, 3.63) is 34.1 Å². The van der Waals surface area contributed by atoms with Crippen LogP contribution in [-0.4, -0.2) is 33.4 Å². The van der Waals surface area contributed by atoms with Crippen molar-refractivity contribution in [2.24, 2.45) is 0 Å². The topological polar surface area (TPSA) is 50.8 Å². The quantitative estimate of drug-likeness (QED) is 0.770. The van der Waals surface area contributed by atoms with Crippen molar-refractivity contribution in [3.8, 4) is 0 Å². The number of hydrogen-bond donors (Lipinski definition) is 1. The Morgan fingerprint density at radius 3 is 2.68 bits per heavy atom. The van der Waals surface area contributed by atoms with Crippen molar-refractivity contribution in [2.45, 2.75) is 13.8 Å². The molecule has 0 fully saturated rings. The Labute approximate surface area is 140 Å². The molecule has 1 N–H and O–H groups in total. The highest BCUT2D eigenvalue weighted by Crippen LogP contribution is 2.51. The first kappa shape index (κ1) is 17.5. The molecule has 0 saturated heterocycles. The van der Waals surface area contributed by atoms with Crippen LogP contribution < -0.4 is 10.2 Å². The lowest BCUT2D eigenvalue weighted by molar-refractivity contribution is 0.229. The molecule has 7 heteroatoms. The van der Waals surface area contributed by atoms with Crippen LogP contribution in [-0.2, 0) is 13.6 Å². The van der Waals surface area contributed by atoms with E-state index in [1.165, 1.54) is 0 Å². The molecule has 0 radical (unpaired) electrons. The smallest absolute Gasteiger partial charge is 0.356 e. The van der Waals surface area contributed by atoms with E-state index in [2.05, 4.69) is 32.2 Å². The Morgan fingerprint density at radius 2 is 2.05 bits per heavy atom. The first-order valence-corrected chi connectivity index (χ1v) is 9.76. The van der Waals surface area contributed by atoms with E-state index >= 15 is 0 Å². The maximum Gasteiger partial charge on any atom is 0.356 e. The zero-order valence-electron chi connectivity index (χ0n) is 13.1. The molecule has 0 aliphatic carbocycles. The molecule has 22 heavy (non-hydrogen) atoms. The van der Waals surface area contributed by atoms with E-state index in [0.29, 0.717) is 13.2 Å². The van der Waals surface area contributed by atoms with E-state index < -0.39 is 7.60 Å². The third kappa shape index (κ3) is 4.13. The zero-order chi connectivity index (χ0) is 16.2. The monoisotopic (exact) mass is 388 g/mol. The summed E-state index contributed by atoms with van der Waals surface area (Å²) >= 11 is 3.50. The Hall–Kier alpha value is -0.810. The third-order valence-corrected chi connectivity index (χ3v) is 5.63. The molecular formula is C15H22BrN2O3P. The average molecular weight is 389 g/mol. The average Bonchev–Trinajstić information content (AvgIpc) is 2.59. The molecule has 1 aliphatic heterocycles. The summed E-state index contributed by atoms with van der Waals surface area (Å²) in [6, 6.07) is 6.03. The number of hydrogen-bond acceptors (Lipinski definition) is 5. The van der Waals surface area contributed by atoms with Crippen LogP contribution in [0.4, 0.5) is 5.69 Å². The van der Waals surface area contributed by atoms with Crippen LogP contribution in [0.2, 0.25) is 0 Å². The molecule has 2 rings (SSSR count). The summed E-state index contributed by atoms with van der Waals surface area (Å²) in [5, 5.41) is 3.33. The molecule has 1 aliphatic rings. The summed E-state index contributed by atoms with van der Waals surface area (Å²) in [6.45, 7) is 5.91. The molecule has 5 nitrogen and oxygen atoms in total. The Morgan fingerprint density at radius 1 is 1.36 bits per heavy atom. The second-order valence-electron chi connectivity index (χ2n) is 4.93. The summed E-state index contributed by atoms with van der Waals surface area (Å²) in [4.78, 5) is 2.17. The second kappa shape index (κ2) is 7.64. The van der Waals surface area contributed by atoms with Gasteiger partial charge in [-0.1, -0.05) is 15.9 Å². The molecule has 0 aromatic heterocycles. The van der Waals surface area contributed by atoms with Gasteiger partial charge in [0.15, 0.2) is 0 Å². The van der Waals surface area contributed by atoms with Gasteiger partial charge in [-0.05, 0) is 32.0 Å². The molecule has 0 spiro atoms. The summed E-state index contributed by atoms with van der Waals surface area (Å²) in [5.41, 5.74) is 2.85. The minimum absolute atomic E-state index is 0.341. The van der Waals surface area contributed by atoms with Crippen LogP contribution in [0.5, 0.6) is 0 Å². The lowest BCUT2D eigenvalue weighted by atomic mass is 10.1. The Kier molecular flexibility index (Phi) is 6.09. The van der Waals surface area contributed by atoms with Crippen molar-refractivity contribution in [1.29, 1.82) is 0 Å². The van der Waals surface area contributed by atoms with Crippen LogP contribution in [0.1, 0.15) is 19.4 Å². The first-order valence-electron chi connectivity index (χ1n) is 7.35.